The van der Waals surface area contributed by atoms with Gasteiger partial charge in [-0.05, 0) is 37.6 Å². The van der Waals surface area contributed by atoms with Crippen molar-refractivity contribution in [3.05, 3.63) is 71.4 Å². The lowest BCUT2D eigenvalue weighted by Crippen LogP contribution is -2.00. The van der Waals surface area contributed by atoms with E-state index in [0.29, 0.717) is 0 Å². The van der Waals surface area contributed by atoms with Crippen molar-refractivity contribution in [2.24, 2.45) is 0 Å². The number of H-pyrrole nitrogens is 1. The summed E-state index contributed by atoms with van der Waals surface area (Å²) >= 11 is 0. The molecule has 3 rings (SSSR count). The number of aromatic nitrogens is 2. The van der Waals surface area contributed by atoms with E-state index in [2.05, 4.69) is 71.8 Å². The molecule has 2 aromatic carbocycles. The van der Waals surface area contributed by atoms with Crippen LogP contribution in [0.4, 0.5) is 5.69 Å². The second kappa shape index (κ2) is 5.83. The van der Waals surface area contributed by atoms with E-state index in [1.54, 1.807) is 6.20 Å². The molecule has 0 fully saturated rings. The van der Waals surface area contributed by atoms with Crippen molar-refractivity contribution in [1.29, 1.82) is 0 Å². The van der Waals surface area contributed by atoms with E-state index < -0.39 is 0 Å². The lowest BCUT2D eigenvalue weighted by Gasteiger charge is -2.09. The zero-order valence-electron chi connectivity index (χ0n) is 12.4. The van der Waals surface area contributed by atoms with Gasteiger partial charge in [0.05, 0.1) is 5.69 Å². The second-order valence-electron chi connectivity index (χ2n) is 5.40. The maximum Gasteiger partial charge on any atom is 0.0650 e. The molecule has 0 spiro atoms. The normalized spacial score (nSPS) is 10.6. The van der Waals surface area contributed by atoms with Crippen molar-refractivity contribution in [3.63, 3.8) is 0 Å². The number of hydrogen-bond donors (Lipinski definition) is 2. The van der Waals surface area contributed by atoms with E-state index in [0.717, 1.165) is 23.5 Å². The zero-order valence-corrected chi connectivity index (χ0v) is 12.4. The molecule has 0 aliphatic heterocycles. The Morgan fingerprint density at radius 2 is 1.81 bits per heavy atom. The van der Waals surface area contributed by atoms with Gasteiger partial charge in [0, 0.05) is 24.0 Å². The van der Waals surface area contributed by atoms with Gasteiger partial charge in [0.25, 0.3) is 0 Å². The number of rotatable bonds is 4. The van der Waals surface area contributed by atoms with Crippen molar-refractivity contribution in [2.75, 3.05) is 5.32 Å². The van der Waals surface area contributed by atoms with Crippen LogP contribution in [0.25, 0.3) is 11.3 Å². The first-order valence-electron chi connectivity index (χ1n) is 7.11. The Labute approximate surface area is 125 Å². The molecule has 0 bridgehead atoms. The van der Waals surface area contributed by atoms with E-state index in [4.69, 9.17) is 0 Å². The molecule has 0 atom stereocenters. The van der Waals surface area contributed by atoms with E-state index in [-0.39, 0.29) is 0 Å². The van der Waals surface area contributed by atoms with Gasteiger partial charge in [-0.3, -0.25) is 5.10 Å². The lowest BCUT2D eigenvalue weighted by molar-refractivity contribution is 1.09. The van der Waals surface area contributed by atoms with E-state index >= 15 is 0 Å². The SMILES string of the molecule is Cc1cc(C)cc(CNc2cccc(-c3ccn[nH]3)c2)c1. The van der Waals surface area contributed by atoms with Crippen LogP contribution in [0.2, 0.25) is 0 Å². The summed E-state index contributed by atoms with van der Waals surface area (Å²) in [5, 5.41) is 10.5. The average Bonchev–Trinajstić information content (AvgIpc) is 2.99. The molecule has 21 heavy (non-hydrogen) atoms. The van der Waals surface area contributed by atoms with Crippen molar-refractivity contribution >= 4 is 5.69 Å². The number of hydrogen-bond acceptors (Lipinski definition) is 2. The fourth-order valence-corrected chi connectivity index (χ4v) is 2.59. The third-order valence-electron chi connectivity index (χ3n) is 3.45. The minimum atomic E-state index is 0.828. The van der Waals surface area contributed by atoms with Gasteiger partial charge >= 0.3 is 0 Å². The van der Waals surface area contributed by atoms with Crippen LogP contribution in [-0.4, -0.2) is 10.2 Å². The lowest BCUT2D eigenvalue weighted by atomic mass is 10.1. The summed E-state index contributed by atoms with van der Waals surface area (Å²) in [4.78, 5) is 0. The van der Waals surface area contributed by atoms with Crippen LogP contribution in [0.3, 0.4) is 0 Å². The van der Waals surface area contributed by atoms with Crippen LogP contribution in [0.1, 0.15) is 16.7 Å². The van der Waals surface area contributed by atoms with Crippen LogP contribution in [0.5, 0.6) is 0 Å². The van der Waals surface area contributed by atoms with Gasteiger partial charge in [-0.2, -0.15) is 5.10 Å². The van der Waals surface area contributed by atoms with Crippen LogP contribution in [0.15, 0.2) is 54.7 Å². The smallest absolute Gasteiger partial charge is 0.0650 e. The fourth-order valence-electron chi connectivity index (χ4n) is 2.59. The summed E-state index contributed by atoms with van der Waals surface area (Å²) in [6.45, 7) is 5.10. The van der Waals surface area contributed by atoms with Crippen LogP contribution < -0.4 is 5.32 Å². The summed E-state index contributed by atoms with van der Waals surface area (Å²) in [5.41, 5.74) is 7.19. The Bertz CT molecular complexity index is 710. The predicted molar refractivity (Wildman–Crippen MR) is 87.3 cm³/mol. The van der Waals surface area contributed by atoms with Crippen LogP contribution in [0, 0.1) is 13.8 Å². The molecule has 3 aromatic rings. The highest BCUT2D eigenvalue weighted by Gasteiger charge is 2.01. The van der Waals surface area contributed by atoms with E-state index in [1.165, 1.54) is 16.7 Å². The molecule has 0 saturated carbocycles. The zero-order chi connectivity index (χ0) is 14.7. The monoisotopic (exact) mass is 277 g/mol. The predicted octanol–water partition coefficient (Wildman–Crippen LogP) is 4.31. The highest BCUT2D eigenvalue weighted by atomic mass is 15.1. The Balaban J connectivity index is 1.75. The van der Waals surface area contributed by atoms with E-state index in [1.807, 2.05) is 6.07 Å². The first-order valence-corrected chi connectivity index (χ1v) is 7.11. The number of benzene rings is 2. The van der Waals surface area contributed by atoms with E-state index in [9.17, 15) is 0 Å². The summed E-state index contributed by atoms with van der Waals surface area (Å²) in [7, 11) is 0. The number of aromatic amines is 1. The van der Waals surface area contributed by atoms with Gasteiger partial charge in [0.15, 0.2) is 0 Å². The van der Waals surface area contributed by atoms with Gasteiger partial charge in [-0.25, -0.2) is 0 Å². The highest BCUT2D eigenvalue weighted by Crippen LogP contribution is 2.21. The molecule has 0 aliphatic rings. The molecule has 0 amide bonds. The molecule has 0 saturated heterocycles. The second-order valence-corrected chi connectivity index (χ2v) is 5.40. The molecule has 1 heterocycles. The number of nitrogens with one attached hydrogen (secondary N) is 2. The van der Waals surface area contributed by atoms with Gasteiger partial charge < -0.3 is 5.32 Å². The maximum absolute atomic E-state index is 4.00. The maximum atomic E-state index is 4.00. The Hall–Kier alpha value is -2.55. The first kappa shape index (κ1) is 13.4. The fraction of sp³-hybridized carbons (Fsp3) is 0.167. The topological polar surface area (TPSA) is 40.7 Å². The Morgan fingerprint density at radius 1 is 1.00 bits per heavy atom. The molecule has 106 valence electrons. The van der Waals surface area contributed by atoms with Gasteiger partial charge in [-0.15, -0.1) is 0 Å². The van der Waals surface area contributed by atoms with Gasteiger partial charge in [0.1, 0.15) is 0 Å². The highest BCUT2D eigenvalue weighted by molar-refractivity contribution is 5.64. The number of aryl methyl sites for hydroxylation is 2. The summed E-state index contributed by atoms with van der Waals surface area (Å²) < 4.78 is 0. The van der Waals surface area contributed by atoms with Crippen LogP contribution >= 0.6 is 0 Å². The minimum absolute atomic E-state index is 0.828. The Morgan fingerprint density at radius 3 is 2.52 bits per heavy atom. The molecule has 2 N–H and O–H groups in total. The molecular weight excluding hydrogens is 258 g/mol. The third-order valence-corrected chi connectivity index (χ3v) is 3.45. The molecular formula is C18H19N3. The number of nitrogens with zero attached hydrogens (tertiary/aromatic N) is 1. The molecule has 0 radical (unpaired) electrons. The Kier molecular flexibility index (Phi) is 3.73. The number of anilines is 1. The minimum Gasteiger partial charge on any atom is -0.381 e. The molecule has 3 nitrogen and oxygen atoms in total. The molecule has 1 aromatic heterocycles. The quantitative estimate of drug-likeness (QED) is 0.746. The van der Waals surface area contributed by atoms with Crippen molar-refractivity contribution < 1.29 is 0 Å². The summed E-state index contributed by atoms with van der Waals surface area (Å²) in [6.07, 6.45) is 1.77. The molecule has 3 heteroatoms. The summed E-state index contributed by atoms with van der Waals surface area (Å²) in [6, 6.07) is 17.0. The first-order chi connectivity index (χ1) is 10.2. The van der Waals surface area contributed by atoms with Crippen molar-refractivity contribution in [2.45, 2.75) is 20.4 Å². The average molecular weight is 277 g/mol. The van der Waals surface area contributed by atoms with Crippen LogP contribution in [-0.2, 0) is 6.54 Å². The standard InChI is InChI=1S/C18H19N3/c1-13-8-14(2)10-15(9-13)12-19-17-5-3-4-16(11-17)18-6-7-20-21-18/h3-11,19H,12H2,1-2H3,(H,20,21). The summed E-state index contributed by atoms with van der Waals surface area (Å²) in [5.74, 6) is 0. The molecule has 0 aliphatic carbocycles. The van der Waals surface area contributed by atoms with Crippen molar-refractivity contribution in [1.82, 2.24) is 10.2 Å². The molecule has 0 unspecified atom stereocenters. The third kappa shape index (κ3) is 3.31. The van der Waals surface area contributed by atoms with Gasteiger partial charge in [-0.1, -0.05) is 41.5 Å². The van der Waals surface area contributed by atoms with Crippen molar-refractivity contribution in [3.8, 4) is 11.3 Å². The largest absolute Gasteiger partial charge is 0.381 e. The van der Waals surface area contributed by atoms with Gasteiger partial charge in [0.2, 0.25) is 0 Å².